The van der Waals surface area contributed by atoms with Gasteiger partial charge < -0.3 is 0 Å². The quantitative estimate of drug-likeness (QED) is 0.555. The van der Waals surface area contributed by atoms with Crippen molar-refractivity contribution in [2.24, 2.45) is 23.2 Å². The highest BCUT2D eigenvalue weighted by Crippen LogP contribution is 2.60. The predicted molar refractivity (Wildman–Crippen MR) is 50.6 cm³/mol. The molecule has 1 radical (unpaired) electrons. The van der Waals surface area contributed by atoms with E-state index in [4.69, 9.17) is 0 Å². The molecule has 0 amide bonds. The maximum atomic E-state index is 2.54. The largest absolute Gasteiger partial charge is 0.0617 e. The van der Waals surface area contributed by atoms with E-state index in [2.05, 4.69) is 13.3 Å². The first kappa shape index (κ1) is 7.41. The summed E-state index contributed by atoms with van der Waals surface area (Å²) < 4.78 is 0. The van der Waals surface area contributed by atoms with E-state index in [-0.39, 0.29) is 0 Å². The molecule has 4 saturated carbocycles. The van der Waals surface area contributed by atoms with Crippen molar-refractivity contribution < 1.29 is 0 Å². The summed E-state index contributed by atoms with van der Waals surface area (Å²) in [6.45, 7) is 2.30. The van der Waals surface area contributed by atoms with Gasteiger partial charge in [0.25, 0.3) is 0 Å². The zero-order chi connectivity index (χ0) is 8.18. The molecule has 0 aromatic heterocycles. The Labute approximate surface area is 75.7 Å². The number of hydrogen-bond acceptors (Lipinski definition) is 0. The lowest BCUT2D eigenvalue weighted by Crippen LogP contribution is -2.45. The fraction of sp³-hybridized carbons (Fsp3) is 0.917. The van der Waals surface area contributed by atoms with E-state index in [1.807, 2.05) is 0 Å². The molecule has 0 aliphatic heterocycles. The van der Waals surface area contributed by atoms with Gasteiger partial charge in [0.1, 0.15) is 0 Å². The van der Waals surface area contributed by atoms with Gasteiger partial charge in [-0.2, -0.15) is 0 Å². The molecule has 4 bridgehead atoms. The fourth-order valence-corrected chi connectivity index (χ4v) is 4.53. The Kier molecular flexibility index (Phi) is 1.40. The molecule has 4 aliphatic carbocycles. The van der Waals surface area contributed by atoms with E-state index in [0.717, 1.165) is 23.2 Å². The van der Waals surface area contributed by atoms with Gasteiger partial charge in [0.2, 0.25) is 0 Å². The van der Waals surface area contributed by atoms with Crippen molar-refractivity contribution in [3.8, 4) is 0 Å². The molecular weight excluding hydrogens is 144 g/mol. The van der Waals surface area contributed by atoms with Gasteiger partial charge in [-0.05, 0) is 68.1 Å². The Morgan fingerprint density at radius 2 is 1.33 bits per heavy atom. The smallest absolute Gasteiger partial charge is 0.0261 e. The van der Waals surface area contributed by atoms with Gasteiger partial charge in [-0.1, -0.05) is 6.92 Å². The van der Waals surface area contributed by atoms with Crippen LogP contribution < -0.4 is 0 Å². The molecule has 0 atom stereocenters. The third kappa shape index (κ3) is 0.900. The molecule has 0 saturated heterocycles. The molecule has 0 N–H and O–H groups in total. The van der Waals surface area contributed by atoms with Gasteiger partial charge in [-0.25, -0.2) is 0 Å². The molecule has 0 heterocycles. The number of hydrogen-bond donors (Lipinski definition) is 0. The molecule has 12 heavy (non-hydrogen) atoms. The topological polar surface area (TPSA) is 0 Å². The first-order valence-electron chi connectivity index (χ1n) is 5.60. The van der Waals surface area contributed by atoms with Crippen molar-refractivity contribution in [2.45, 2.75) is 45.4 Å². The first-order valence-corrected chi connectivity index (χ1v) is 5.60. The summed E-state index contributed by atoms with van der Waals surface area (Å²) in [7, 11) is 0. The second-order valence-electron chi connectivity index (χ2n) is 5.57. The molecule has 0 spiro atoms. The molecule has 0 nitrogen and oxygen atoms in total. The molecule has 0 unspecified atom stereocenters. The van der Waals surface area contributed by atoms with Crippen molar-refractivity contribution in [3.63, 3.8) is 0 Å². The zero-order valence-electron chi connectivity index (χ0n) is 8.05. The van der Waals surface area contributed by atoms with E-state index < -0.39 is 0 Å². The lowest BCUT2D eigenvalue weighted by molar-refractivity contribution is -0.0327. The van der Waals surface area contributed by atoms with Crippen LogP contribution in [0.5, 0.6) is 0 Å². The van der Waals surface area contributed by atoms with Crippen LogP contribution in [0.15, 0.2) is 0 Å². The average Bonchev–Trinajstić information content (AvgIpc) is 2.02. The van der Waals surface area contributed by atoms with Crippen LogP contribution in [0.25, 0.3) is 0 Å². The number of rotatable bonds is 1. The molecule has 4 rings (SSSR count). The molecule has 4 fully saturated rings. The molecule has 0 aromatic rings. The molecule has 4 aliphatic rings. The Bertz CT molecular complexity index is 157. The van der Waals surface area contributed by atoms with E-state index in [1.54, 1.807) is 19.3 Å². The van der Waals surface area contributed by atoms with Crippen molar-refractivity contribution >= 4 is 0 Å². The van der Waals surface area contributed by atoms with Gasteiger partial charge >= 0.3 is 0 Å². The lowest BCUT2D eigenvalue weighted by atomic mass is 9.49. The normalized spacial score (nSPS) is 56.2. The van der Waals surface area contributed by atoms with Crippen molar-refractivity contribution in [3.05, 3.63) is 6.42 Å². The van der Waals surface area contributed by atoms with Crippen LogP contribution in [-0.2, 0) is 0 Å². The van der Waals surface area contributed by atoms with Crippen LogP contribution in [0, 0.1) is 29.6 Å². The average molecular weight is 163 g/mol. The summed E-state index contributed by atoms with van der Waals surface area (Å²) in [5, 5.41) is 0. The van der Waals surface area contributed by atoms with Crippen molar-refractivity contribution in [1.82, 2.24) is 0 Å². The SMILES string of the molecule is C[CH]C12CC3CC(CC(C3)C1)C2. The maximum Gasteiger partial charge on any atom is -0.0261 e. The minimum Gasteiger partial charge on any atom is -0.0617 e. The van der Waals surface area contributed by atoms with E-state index in [0.29, 0.717) is 0 Å². The third-order valence-electron chi connectivity index (χ3n) is 4.70. The maximum absolute atomic E-state index is 2.54. The second-order valence-corrected chi connectivity index (χ2v) is 5.57. The van der Waals surface area contributed by atoms with Crippen molar-refractivity contribution in [2.75, 3.05) is 0 Å². The lowest BCUT2D eigenvalue weighted by Gasteiger charge is -2.56. The highest BCUT2D eigenvalue weighted by atomic mass is 14.5. The molecule has 67 valence electrons. The molecule has 0 heteroatoms. The van der Waals surface area contributed by atoms with Gasteiger partial charge in [-0.15, -0.1) is 0 Å². The van der Waals surface area contributed by atoms with E-state index >= 15 is 0 Å². The van der Waals surface area contributed by atoms with Crippen LogP contribution >= 0.6 is 0 Å². The minimum absolute atomic E-state index is 0.717. The zero-order valence-corrected chi connectivity index (χ0v) is 8.05. The highest BCUT2D eigenvalue weighted by Gasteiger charge is 2.49. The van der Waals surface area contributed by atoms with Crippen LogP contribution in [-0.4, -0.2) is 0 Å². The monoisotopic (exact) mass is 163 g/mol. The summed E-state index contributed by atoms with van der Waals surface area (Å²) in [5.74, 6) is 3.35. The molecular formula is C12H19. The van der Waals surface area contributed by atoms with Gasteiger partial charge in [-0.3, -0.25) is 0 Å². The van der Waals surface area contributed by atoms with Crippen LogP contribution in [0.4, 0.5) is 0 Å². The Morgan fingerprint density at radius 3 is 1.67 bits per heavy atom. The van der Waals surface area contributed by atoms with Crippen LogP contribution in [0.3, 0.4) is 0 Å². The Balaban J connectivity index is 1.90. The summed E-state index contributed by atoms with van der Waals surface area (Å²) in [6, 6.07) is 0. The summed E-state index contributed by atoms with van der Waals surface area (Å²) in [6.07, 6.45) is 11.9. The van der Waals surface area contributed by atoms with E-state index in [1.165, 1.54) is 19.3 Å². The standard InChI is InChI=1S/C12H19/c1-2-12-6-9-3-10(7-12)5-11(4-9)8-12/h2,9-11H,3-8H2,1H3. The summed E-state index contributed by atoms with van der Waals surface area (Å²) >= 11 is 0. The third-order valence-corrected chi connectivity index (χ3v) is 4.70. The van der Waals surface area contributed by atoms with Crippen LogP contribution in [0.2, 0.25) is 0 Å². The first-order chi connectivity index (χ1) is 5.80. The van der Waals surface area contributed by atoms with Crippen LogP contribution in [0.1, 0.15) is 45.4 Å². The Hall–Kier alpha value is 0. The van der Waals surface area contributed by atoms with Gasteiger partial charge in [0.15, 0.2) is 0 Å². The summed E-state index contributed by atoms with van der Waals surface area (Å²) in [4.78, 5) is 0. The fourth-order valence-electron chi connectivity index (χ4n) is 4.53. The highest BCUT2D eigenvalue weighted by molar-refractivity contribution is 5.05. The minimum atomic E-state index is 0.717. The second kappa shape index (κ2) is 2.27. The predicted octanol–water partition coefficient (Wildman–Crippen LogP) is 3.43. The van der Waals surface area contributed by atoms with Gasteiger partial charge in [0, 0.05) is 0 Å². The van der Waals surface area contributed by atoms with E-state index in [9.17, 15) is 0 Å². The molecule has 0 aromatic carbocycles. The summed E-state index contributed by atoms with van der Waals surface area (Å²) in [5.41, 5.74) is 0.717. The van der Waals surface area contributed by atoms with Crippen molar-refractivity contribution in [1.29, 1.82) is 0 Å². The Morgan fingerprint density at radius 1 is 0.917 bits per heavy atom. The van der Waals surface area contributed by atoms with Gasteiger partial charge in [0.05, 0.1) is 0 Å².